The predicted molar refractivity (Wildman–Crippen MR) is 72.8 cm³/mol. The molecule has 0 saturated carbocycles. The van der Waals surface area contributed by atoms with Gasteiger partial charge >= 0.3 is 6.18 Å². The van der Waals surface area contributed by atoms with Gasteiger partial charge in [0.2, 0.25) is 0 Å². The van der Waals surface area contributed by atoms with Gasteiger partial charge < -0.3 is 10.2 Å². The van der Waals surface area contributed by atoms with E-state index in [-0.39, 0.29) is 18.8 Å². The monoisotopic (exact) mass is 303 g/mol. The van der Waals surface area contributed by atoms with Crippen LogP contribution in [0.15, 0.2) is 24.3 Å². The lowest BCUT2D eigenvalue weighted by atomic mass is 9.99. The third-order valence-corrected chi connectivity index (χ3v) is 3.99. The summed E-state index contributed by atoms with van der Waals surface area (Å²) in [4.78, 5) is 2.09. The quantitative estimate of drug-likeness (QED) is 0.895. The highest BCUT2D eigenvalue weighted by atomic mass is 19.4. The molecule has 2 unspecified atom stereocenters. The number of halogens is 3. The Hall–Kier alpha value is -1.11. The van der Waals surface area contributed by atoms with Gasteiger partial charge in [0.25, 0.3) is 0 Å². The lowest BCUT2D eigenvalue weighted by molar-refractivity contribution is -0.137. The maximum absolute atomic E-state index is 12.5. The van der Waals surface area contributed by atoms with Crippen LogP contribution < -0.4 is 0 Å². The SMILES string of the molecule is OCC1CC(O)CCN1CCc1ccc(C(F)(F)F)cc1. The largest absolute Gasteiger partial charge is 0.416 e. The molecule has 0 amide bonds. The van der Waals surface area contributed by atoms with Crippen LogP contribution in [0.1, 0.15) is 24.0 Å². The molecule has 1 aliphatic rings. The van der Waals surface area contributed by atoms with Crippen molar-refractivity contribution in [3.63, 3.8) is 0 Å². The molecule has 1 aromatic carbocycles. The molecule has 1 heterocycles. The van der Waals surface area contributed by atoms with Crippen LogP contribution in [0.2, 0.25) is 0 Å². The zero-order valence-corrected chi connectivity index (χ0v) is 11.7. The minimum absolute atomic E-state index is 0.00985. The van der Waals surface area contributed by atoms with Crippen molar-refractivity contribution in [3.8, 4) is 0 Å². The van der Waals surface area contributed by atoms with Crippen LogP contribution >= 0.6 is 0 Å². The van der Waals surface area contributed by atoms with Crippen molar-refractivity contribution in [2.24, 2.45) is 0 Å². The van der Waals surface area contributed by atoms with Crippen LogP contribution in [0.25, 0.3) is 0 Å². The molecule has 2 N–H and O–H groups in total. The first-order chi connectivity index (χ1) is 9.90. The third kappa shape index (κ3) is 4.43. The van der Waals surface area contributed by atoms with E-state index in [1.165, 1.54) is 12.1 Å². The summed E-state index contributed by atoms with van der Waals surface area (Å²) in [6.45, 7) is 1.36. The fourth-order valence-electron chi connectivity index (χ4n) is 2.70. The van der Waals surface area contributed by atoms with Crippen molar-refractivity contribution in [2.75, 3.05) is 19.7 Å². The molecule has 6 heteroatoms. The molecule has 0 radical (unpaired) electrons. The van der Waals surface area contributed by atoms with Gasteiger partial charge in [0.15, 0.2) is 0 Å². The Balaban J connectivity index is 1.90. The number of hydrogen-bond donors (Lipinski definition) is 2. The molecule has 118 valence electrons. The number of aliphatic hydroxyl groups is 2. The Morgan fingerprint density at radius 2 is 1.86 bits per heavy atom. The normalized spacial score (nSPS) is 24.2. The molecule has 2 rings (SSSR count). The number of benzene rings is 1. The highest BCUT2D eigenvalue weighted by Crippen LogP contribution is 2.29. The first kappa shape index (κ1) is 16.3. The van der Waals surface area contributed by atoms with Crippen LogP contribution in [0.5, 0.6) is 0 Å². The van der Waals surface area contributed by atoms with E-state index in [0.29, 0.717) is 32.4 Å². The van der Waals surface area contributed by atoms with Crippen molar-refractivity contribution in [2.45, 2.75) is 37.6 Å². The van der Waals surface area contributed by atoms with Gasteiger partial charge in [0.05, 0.1) is 18.3 Å². The highest BCUT2D eigenvalue weighted by molar-refractivity contribution is 5.24. The van der Waals surface area contributed by atoms with E-state index in [4.69, 9.17) is 0 Å². The molecule has 0 aromatic heterocycles. The van der Waals surface area contributed by atoms with Gasteiger partial charge in [-0.3, -0.25) is 4.90 Å². The maximum Gasteiger partial charge on any atom is 0.416 e. The highest BCUT2D eigenvalue weighted by Gasteiger charge is 2.30. The van der Waals surface area contributed by atoms with E-state index in [2.05, 4.69) is 4.90 Å². The Morgan fingerprint density at radius 3 is 2.43 bits per heavy atom. The molecule has 1 fully saturated rings. The predicted octanol–water partition coefficient (Wildman–Crippen LogP) is 2.07. The molecule has 0 aliphatic carbocycles. The number of alkyl halides is 3. The molecule has 21 heavy (non-hydrogen) atoms. The van der Waals surface area contributed by atoms with E-state index >= 15 is 0 Å². The van der Waals surface area contributed by atoms with Gasteiger partial charge in [0.1, 0.15) is 0 Å². The van der Waals surface area contributed by atoms with Crippen LogP contribution in [-0.2, 0) is 12.6 Å². The fraction of sp³-hybridized carbons (Fsp3) is 0.600. The second-order valence-electron chi connectivity index (χ2n) is 5.50. The minimum atomic E-state index is -4.30. The van der Waals surface area contributed by atoms with Crippen LogP contribution in [0.4, 0.5) is 13.2 Å². The van der Waals surface area contributed by atoms with Gasteiger partial charge in [-0.2, -0.15) is 13.2 Å². The molecule has 1 saturated heterocycles. The second kappa shape index (κ2) is 6.77. The van der Waals surface area contributed by atoms with Gasteiger partial charge in [0, 0.05) is 19.1 Å². The van der Waals surface area contributed by atoms with Crippen molar-refractivity contribution in [1.82, 2.24) is 4.90 Å². The van der Waals surface area contributed by atoms with E-state index in [0.717, 1.165) is 17.7 Å². The topological polar surface area (TPSA) is 43.7 Å². The molecule has 0 bridgehead atoms. The molecular weight excluding hydrogens is 283 g/mol. The first-order valence-corrected chi connectivity index (χ1v) is 7.09. The van der Waals surface area contributed by atoms with E-state index in [1.807, 2.05) is 0 Å². The molecule has 2 atom stereocenters. The lowest BCUT2D eigenvalue weighted by Gasteiger charge is -2.36. The minimum Gasteiger partial charge on any atom is -0.395 e. The number of hydrogen-bond acceptors (Lipinski definition) is 3. The van der Waals surface area contributed by atoms with Crippen molar-refractivity contribution in [3.05, 3.63) is 35.4 Å². The number of rotatable bonds is 4. The van der Waals surface area contributed by atoms with Crippen molar-refractivity contribution < 1.29 is 23.4 Å². The smallest absolute Gasteiger partial charge is 0.395 e. The van der Waals surface area contributed by atoms with Crippen LogP contribution in [0, 0.1) is 0 Å². The average Bonchev–Trinajstić information content (AvgIpc) is 2.45. The first-order valence-electron chi connectivity index (χ1n) is 7.09. The summed E-state index contributed by atoms with van der Waals surface area (Å²) in [5.74, 6) is 0. The summed E-state index contributed by atoms with van der Waals surface area (Å²) in [7, 11) is 0. The average molecular weight is 303 g/mol. The number of nitrogens with zero attached hydrogens (tertiary/aromatic N) is 1. The zero-order chi connectivity index (χ0) is 15.5. The van der Waals surface area contributed by atoms with E-state index in [9.17, 15) is 23.4 Å². The summed E-state index contributed by atoms with van der Waals surface area (Å²) in [5, 5.41) is 18.9. The van der Waals surface area contributed by atoms with Crippen LogP contribution in [0.3, 0.4) is 0 Å². The molecule has 3 nitrogen and oxygen atoms in total. The number of likely N-dealkylation sites (tertiary alicyclic amines) is 1. The molecule has 1 aliphatic heterocycles. The Bertz CT molecular complexity index is 447. The van der Waals surface area contributed by atoms with Gasteiger partial charge in [-0.05, 0) is 37.0 Å². The number of piperidine rings is 1. The van der Waals surface area contributed by atoms with Gasteiger partial charge in [-0.15, -0.1) is 0 Å². The Labute approximate surface area is 122 Å². The zero-order valence-electron chi connectivity index (χ0n) is 11.7. The van der Waals surface area contributed by atoms with Gasteiger partial charge in [-0.1, -0.05) is 12.1 Å². The molecule has 0 spiro atoms. The van der Waals surface area contributed by atoms with E-state index < -0.39 is 11.7 Å². The Kier molecular flexibility index (Phi) is 5.24. The summed E-state index contributed by atoms with van der Waals surface area (Å²) in [5.41, 5.74) is 0.200. The lowest BCUT2D eigenvalue weighted by Crippen LogP contribution is -2.47. The fourth-order valence-corrected chi connectivity index (χ4v) is 2.70. The second-order valence-corrected chi connectivity index (χ2v) is 5.50. The van der Waals surface area contributed by atoms with E-state index in [1.54, 1.807) is 0 Å². The summed E-state index contributed by atoms with van der Waals surface area (Å²) >= 11 is 0. The maximum atomic E-state index is 12.5. The van der Waals surface area contributed by atoms with Crippen molar-refractivity contribution in [1.29, 1.82) is 0 Å². The van der Waals surface area contributed by atoms with Gasteiger partial charge in [-0.25, -0.2) is 0 Å². The van der Waals surface area contributed by atoms with Crippen molar-refractivity contribution >= 4 is 0 Å². The number of aliphatic hydroxyl groups excluding tert-OH is 2. The van der Waals surface area contributed by atoms with Crippen LogP contribution in [-0.4, -0.2) is 47.0 Å². The summed E-state index contributed by atoms with van der Waals surface area (Å²) in [6, 6.07) is 5.12. The standard InChI is InChI=1S/C15H20F3NO2/c16-15(17,18)12-3-1-11(2-4-12)5-7-19-8-6-14(21)9-13(19)10-20/h1-4,13-14,20-21H,5-10H2. The molecular formula is C15H20F3NO2. The Morgan fingerprint density at radius 1 is 1.19 bits per heavy atom. The summed E-state index contributed by atoms with van der Waals surface area (Å²) in [6.07, 6.45) is -2.83. The third-order valence-electron chi connectivity index (χ3n) is 3.99. The summed E-state index contributed by atoms with van der Waals surface area (Å²) < 4.78 is 37.4. The molecule has 1 aromatic rings.